The fraction of sp³-hybridized carbons (Fsp3) is 0.440. The van der Waals surface area contributed by atoms with Crippen LogP contribution in [0.25, 0.3) is 0 Å². The molecule has 0 unspecified atom stereocenters. The predicted octanol–water partition coefficient (Wildman–Crippen LogP) is 2.03. The molecule has 0 bridgehead atoms. The number of fused-ring (bicyclic) bond motifs is 1. The summed E-state index contributed by atoms with van der Waals surface area (Å²) in [6.45, 7) is 7.27. The van der Waals surface area contributed by atoms with Crippen LogP contribution in [0, 0.1) is 6.92 Å². The minimum atomic E-state index is -0.637. The highest BCUT2D eigenvalue weighted by Crippen LogP contribution is 2.31. The van der Waals surface area contributed by atoms with Crippen molar-refractivity contribution in [1.29, 1.82) is 0 Å². The molecule has 0 radical (unpaired) electrons. The lowest BCUT2D eigenvalue weighted by atomic mass is 10.00. The monoisotopic (exact) mass is 435 g/mol. The molecular formula is C25H33N5O2. The van der Waals surface area contributed by atoms with Gasteiger partial charge < -0.3 is 20.4 Å². The fourth-order valence-electron chi connectivity index (χ4n) is 4.48. The van der Waals surface area contributed by atoms with Crippen molar-refractivity contribution in [3.63, 3.8) is 0 Å². The van der Waals surface area contributed by atoms with Gasteiger partial charge in [-0.25, -0.2) is 0 Å². The Labute approximate surface area is 190 Å². The number of piperazine rings is 1. The molecule has 0 aliphatic carbocycles. The first-order valence-electron chi connectivity index (χ1n) is 11.3. The molecule has 0 spiro atoms. The van der Waals surface area contributed by atoms with Gasteiger partial charge >= 0.3 is 11.8 Å². The summed E-state index contributed by atoms with van der Waals surface area (Å²) in [5.74, 6) is -1.24. The largest absolute Gasteiger partial charge is 0.374 e. The average Bonchev–Trinajstić information content (AvgIpc) is 3.16. The van der Waals surface area contributed by atoms with Crippen LogP contribution in [0.15, 0.2) is 42.5 Å². The number of hydrogen-bond acceptors (Lipinski definition) is 5. The molecule has 1 saturated heterocycles. The van der Waals surface area contributed by atoms with Gasteiger partial charge in [0, 0.05) is 57.7 Å². The predicted molar refractivity (Wildman–Crippen MR) is 128 cm³/mol. The van der Waals surface area contributed by atoms with Crippen molar-refractivity contribution in [2.24, 2.45) is 0 Å². The van der Waals surface area contributed by atoms with Crippen LogP contribution in [0.4, 0.5) is 11.4 Å². The molecule has 0 aromatic heterocycles. The number of likely N-dealkylation sites (N-methyl/N-ethyl adjacent to an activating group) is 2. The van der Waals surface area contributed by atoms with Gasteiger partial charge in [0.1, 0.15) is 0 Å². The molecule has 2 aromatic carbocycles. The van der Waals surface area contributed by atoms with Gasteiger partial charge in [-0.3, -0.25) is 14.5 Å². The minimum absolute atomic E-state index is 0.0380. The molecule has 7 nitrogen and oxygen atoms in total. The zero-order valence-electron chi connectivity index (χ0n) is 19.2. The fourth-order valence-corrected chi connectivity index (χ4v) is 4.48. The third-order valence-corrected chi connectivity index (χ3v) is 6.57. The Hall–Kier alpha value is -2.90. The van der Waals surface area contributed by atoms with Gasteiger partial charge in [-0.1, -0.05) is 29.8 Å². The number of carbonyl (C=O) groups excluding carboxylic acids is 2. The second kappa shape index (κ2) is 9.71. The van der Waals surface area contributed by atoms with Crippen molar-refractivity contribution < 1.29 is 9.59 Å². The molecule has 2 aromatic rings. The van der Waals surface area contributed by atoms with Gasteiger partial charge in [-0.2, -0.15) is 0 Å². The van der Waals surface area contributed by atoms with Gasteiger partial charge in [-0.05, 0) is 49.7 Å². The topological polar surface area (TPSA) is 67.9 Å². The smallest absolute Gasteiger partial charge is 0.313 e. The molecule has 2 aliphatic heterocycles. The summed E-state index contributed by atoms with van der Waals surface area (Å²) in [5, 5.41) is 5.56. The zero-order chi connectivity index (χ0) is 22.7. The molecule has 1 fully saturated rings. The van der Waals surface area contributed by atoms with Crippen LogP contribution in [0.5, 0.6) is 0 Å². The van der Waals surface area contributed by atoms with E-state index in [1.807, 2.05) is 19.1 Å². The second-order valence-corrected chi connectivity index (χ2v) is 8.94. The van der Waals surface area contributed by atoms with Crippen LogP contribution in [0.2, 0.25) is 0 Å². The molecular weight excluding hydrogens is 402 g/mol. The highest BCUT2D eigenvalue weighted by atomic mass is 16.2. The van der Waals surface area contributed by atoms with E-state index in [4.69, 9.17) is 0 Å². The third-order valence-electron chi connectivity index (χ3n) is 6.57. The van der Waals surface area contributed by atoms with E-state index in [-0.39, 0.29) is 6.04 Å². The van der Waals surface area contributed by atoms with E-state index in [2.05, 4.69) is 57.6 Å². The lowest BCUT2D eigenvalue weighted by Crippen LogP contribution is -2.49. The number of aryl methyl sites for hydroxylation is 1. The lowest BCUT2D eigenvalue weighted by Gasteiger charge is -2.38. The minimum Gasteiger partial charge on any atom is -0.374 e. The Bertz CT molecular complexity index is 967. The lowest BCUT2D eigenvalue weighted by molar-refractivity contribution is -0.136. The number of nitrogens with zero attached hydrogens (tertiary/aromatic N) is 3. The van der Waals surface area contributed by atoms with Crippen molar-refractivity contribution in [3.05, 3.63) is 59.2 Å². The highest BCUT2D eigenvalue weighted by Gasteiger charge is 2.27. The Kier molecular flexibility index (Phi) is 6.77. The summed E-state index contributed by atoms with van der Waals surface area (Å²) in [7, 11) is 4.26. The summed E-state index contributed by atoms with van der Waals surface area (Å²) in [6.07, 6.45) is 1.04. The quantitative estimate of drug-likeness (QED) is 0.704. The van der Waals surface area contributed by atoms with E-state index in [9.17, 15) is 9.59 Å². The molecule has 170 valence electrons. The summed E-state index contributed by atoms with van der Waals surface area (Å²) >= 11 is 0. The van der Waals surface area contributed by atoms with Crippen molar-refractivity contribution >= 4 is 23.2 Å². The van der Waals surface area contributed by atoms with E-state index < -0.39 is 11.8 Å². The van der Waals surface area contributed by atoms with Crippen LogP contribution >= 0.6 is 0 Å². The van der Waals surface area contributed by atoms with Crippen molar-refractivity contribution in [3.8, 4) is 0 Å². The summed E-state index contributed by atoms with van der Waals surface area (Å²) in [5.41, 5.74) is 5.56. The number of benzene rings is 2. The van der Waals surface area contributed by atoms with E-state index in [0.29, 0.717) is 12.2 Å². The number of hydrogen-bond donors (Lipinski definition) is 2. The van der Waals surface area contributed by atoms with Crippen molar-refractivity contribution in [2.45, 2.75) is 19.4 Å². The SMILES string of the molecule is Cc1ccc(NC(=O)C(=O)NC[C@@H](c2ccc3c(c2)CCN3C)N2CCN(C)CC2)cc1. The highest BCUT2D eigenvalue weighted by molar-refractivity contribution is 6.39. The van der Waals surface area contributed by atoms with Crippen LogP contribution in [-0.2, 0) is 16.0 Å². The normalized spacial score (nSPS) is 17.7. The van der Waals surface area contributed by atoms with Crippen LogP contribution in [0.1, 0.15) is 22.7 Å². The second-order valence-electron chi connectivity index (χ2n) is 8.94. The number of nitrogens with one attached hydrogen (secondary N) is 2. The molecule has 2 aliphatic rings. The molecule has 7 heteroatoms. The van der Waals surface area contributed by atoms with Gasteiger partial charge in [0.15, 0.2) is 0 Å². The Morgan fingerprint density at radius 1 is 0.938 bits per heavy atom. The molecule has 1 atom stereocenters. The maximum Gasteiger partial charge on any atom is 0.313 e. The molecule has 32 heavy (non-hydrogen) atoms. The first-order valence-corrected chi connectivity index (χ1v) is 11.3. The summed E-state index contributed by atoms with van der Waals surface area (Å²) < 4.78 is 0. The molecule has 2 heterocycles. The van der Waals surface area contributed by atoms with Crippen LogP contribution in [-0.4, -0.2) is 75.0 Å². The van der Waals surface area contributed by atoms with Crippen LogP contribution < -0.4 is 15.5 Å². The molecule has 2 N–H and O–H groups in total. The molecule has 4 rings (SSSR count). The Morgan fingerprint density at radius 2 is 1.66 bits per heavy atom. The summed E-state index contributed by atoms with van der Waals surface area (Å²) in [4.78, 5) is 32.0. The zero-order valence-corrected chi connectivity index (χ0v) is 19.2. The van der Waals surface area contributed by atoms with Gasteiger partial charge in [-0.15, -0.1) is 0 Å². The number of carbonyl (C=O) groups is 2. The third kappa shape index (κ3) is 5.11. The maximum atomic E-state index is 12.6. The van der Waals surface area contributed by atoms with Gasteiger partial charge in [0.05, 0.1) is 6.04 Å². The number of rotatable bonds is 5. The van der Waals surface area contributed by atoms with E-state index in [1.165, 1.54) is 16.8 Å². The standard InChI is InChI=1S/C25H33N5O2/c1-18-4-7-21(8-5-18)27-25(32)24(31)26-17-23(30-14-12-28(2)13-15-30)19-6-9-22-20(16-19)10-11-29(22)3/h4-9,16,23H,10-15,17H2,1-3H3,(H,26,31)(H,27,32)/t23-/m0/s1. The molecule has 0 saturated carbocycles. The van der Waals surface area contributed by atoms with Crippen LogP contribution in [0.3, 0.4) is 0 Å². The first kappa shape index (κ1) is 22.3. The first-order chi connectivity index (χ1) is 15.4. The summed E-state index contributed by atoms with van der Waals surface area (Å²) in [6, 6.07) is 14.1. The van der Waals surface area contributed by atoms with Crippen molar-refractivity contribution in [2.75, 3.05) is 63.6 Å². The number of amides is 2. The Morgan fingerprint density at radius 3 is 2.38 bits per heavy atom. The van der Waals surface area contributed by atoms with E-state index in [1.54, 1.807) is 12.1 Å². The number of anilines is 2. The van der Waals surface area contributed by atoms with E-state index in [0.717, 1.165) is 44.7 Å². The maximum absolute atomic E-state index is 12.6. The Balaban J connectivity index is 1.45. The molecule has 2 amide bonds. The average molecular weight is 436 g/mol. The van der Waals surface area contributed by atoms with E-state index >= 15 is 0 Å². The van der Waals surface area contributed by atoms with Gasteiger partial charge in [0.25, 0.3) is 0 Å². The van der Waals surface area contributed by atoms with Crippen molar-refractivity contribution in [1.82, 2.24) is 15.1 Å². The van der Waals surface area contributed by atoms with Gasteiger partial charge in [0.2, 0.25) is 0 Å².